The molecule has 0 unspecified atom stereocenters. The Morgan fingerprint density at radius 1 is 1.58 bits per heavy atom. The van der Waals surface area contributed by atoms with E-state index in [9.17, 15) is 0 Å². The smallest absolute Gasteiger partial charge is 0.107 e. The average Bonchev–Trinajstić information content (AvgIpc) is 2.36. The average molecular weight is 169 g/mol. The van der Waals surface area contributed by atoms with Crippen molar-refractivity contribution in [3.8, 4) is 0 Å². The second-order valence-electron chi connectivity index (χ2n) is 2.08. The van der Waals surface area contributed by atoms with Crippen molar-refractivity contribution in [2.75, 3.05) is 0 Å². The third-order valence-corrected chi connectivity index (χ3v) is 1.32. The van der Waals surface area contributed by atoms with Crippen LogP contribution >= 0.6 is 0 Å². The first-order valence-corrected chi connectivity index (χ1v) is 3.92. The molecular formula is C8H15N3O. The predicted molar refractivity (Wildman–Crippen MR) is 48.7 cm³/mol. The van der Waals surface area contributed by atoms with Crippen molar-refractivity contribution in [2.45, 2.75) is 20.8 Å². The van der Waals surface area contributed by atoms with Gasteiger partial charge in [0.1, 0.15) is 5.69 Å². The molecule has 0 aromatic carbocycles. The zero-order valence-corrected chi connectivity index (χ0v) is 7.94. The molecule has 0 amide bonds. The fourth-order valence-corrected chi connectivity index (χ4v) is 0.711. The van der Waals surface area contributed by atoms with E-state index in [4.69, 9.17) is 5.21 Å². The standard InChI is InChI=1S/C6H9N3O.C2H6/c1-5-3-6(4-7-10)8-9(5)2;1-2/h3-4,10H,1-2H3;1-2H3. The van der Waals surface area contributed by atoms with Crippen molar-refractivity contribution in [1.29, 1.82) is 0 Å². The Bertz CT molecular complexity index is 233. The van der Waals surface area contributed by atoms with Crippen LogP contribution in [0.3, 0.4) is 0 Å². The Morgan fingerprint density at radius 2 is 2.17 bits per heavy atom. The van der Waals surface area contributed by atoms with Gasteiger partial charge in [0.2, 0.25) is 0 Å². The van der Waals surface area contributed by atoms with Crippen molar-refractivity contribution in [2.24, 2.45) is 12.2 Å². The first kappa shape index (κ1) is 10.7. The molecule has 68 valence electrons. The molecule has 0 bridgehead atoms. The molecule has 1 aromatic rings. The minimum Gasteiger partial charge on any atom is -0.411 e. The monoisotopic (exact) mass is 169 g/mol. The molecule has 0 aliphatic rings. The zero-order chi connectivity index (χ0) is 9.56. The lowest BCUT2D eigenvalue weighted by atomic mass is 10.4. The normalized spacial score (nSPS) is 9.67. The first-order valence-electron chi connectivity index (χ1n) is 3.92. The van der Waals surface area contributed by atoms with Crippen LogP contribution in [0.4, 0.5) is 0 Å². The van der Waals surface area contributed by atoms with E-state index in [1.165, 1.54) is 6.21 Å². The Morgan fingerprint density at radius 3 is 2.50 bits per heavy atom. The molecule has 4 nitrogen and oxygen atoms in total. The van der Waals surface area contributed by atoms with Gasteiger partial charge in [0, 0.05) is 12.7 Å². The summed E-state index contributed by atoms with van der Waals surface area (Å²) in [6.45, 7) is 5.93. The Kier molecular flexibility index (Phi) is 4.76. The maximum Gasteiger partial charge on any atom is 0.107 e. The summed E-state index contributed by atoms with van der Waals surface area (Å²) in [6.07, 6.45) is 1.30. The summed E-state index contributed by atoms with van der Waals surface area (Å²) in [7, 11) is 1.84. The van der Waals surface area contributed by atoms with E-state index in [2.05, 4.69) is 10.3 Å². The van der Waals surface area contributed by atoms with Crippen molar-refractivity contribution in [1.82, 2.24) is 9.78 Å². The van der Waals surface area contributed by atoms with Gasteiger partial charge in [-0.25, -0.2) is 0 Å². The SMILES string of the molecule is CC.Cc1cc(C=NO)nn1C. The highest BCUT2D eigenvalue weighted by atomic mass is 16.4. The van der Waals surface area contributed by atoms with Crippen LogP contribution in [-0.4, -0.2) is 21.2 Å². The van der Waals surface area contributed by atoms with Crippen LogP contribution in [0, 0.1) is 6.92 Å². The van der Waals surface area contributed by atoms with Gasteiger partial charge in [-0.1, -0.05) is 19.0 Å². The lowest BCUT2D eigenvalue weighted by Crippen LogP contribution is -1.92. The van der Waals surface area contributed by atoms with Gasteiger partial charge in [-0.05, 0) is 13.0 Å². The Labute approximate surface area is 72.5 Å². The van der Waals surface area contributed by atoms with Gasteiger partial charge in [-0.15, -0.1) is 0 Å². The highest BCUT2D eigenvalue weighted by Crippen LogP contribution is 1.97. The maximum absolute atomic E-state index is 8.14. The van der Waals surface area contributed by atoms with Gasteiger partial charge in [-0.2, -0.15) is 5.10 Å². The topological polar surface area (TPSA) is 50.4 Å². The molecule has 1 aromatic heterocycles. The number of aromatic nitrogens is 2. The lowest BCUT2D eigenvalue weighted by Gasteiger charge is -1.87. The molecule has 4 heteroatoms. The van der Waals surface area contributed by atoms with E-state index in [-0.39, 0.29) is 0 Å². The van der Waals surface area contributed by atoms with Gasteiger partial charge in [-0.3, -0.25) is 4.68 Å². The molecule has 0 fully saturated rings. The minimum atomic E-state index is 0.669. The van der Waals surface area contributed by atoms with E-state index >= 15 is 0 Å². The third kappa shape index (κ3) is 2.74. The van der Waals surface area contributed by atoms with Crippen LogP contribution in [0.2, 0.25) is 0 Å². The van der Waals surface area contributed by atoms with E-state index < -0.39 is 0 Å². The number of oxime groups is 1. The number of nitrogens with zero attached hydrogens (tertiary/aromatic N) is 3. The predicted octanol–water partition coefficient (Wildman–Crippen LogP) is 1.56. The minimum absolute atomic E-state index is 0.669. The van der Waals surface area contributed by atoms with E-state index in [1.807, 2.05) is 33.9 Å². The van der Waals surface area contributed by atoms with Crippen molar-refractivity contribution in [3.05, 3.63) is 17.5 Å². The lowest BCUT2D eigenvalue weighted by molar-refractivity contribution is 0.321. The number of rotatable bonds is 1. The molecule has 0 radical (unpaired) electrons. The quantitative estimate of drug-likeness (QED) is 0.394. The van der Waals surface area contributed by atoms with Crippen LogP contribution in [0.5, 0.6) is 0 Å². The van der Waals surface area contributed by atoms with Crippen LogP contribution in [0.25, 0.3) is 0 Å². The second kappa shape index (κ2) is 5.35. The summed E-state index contributed by atoms with van der Waals surface area (Å²) in [6, 6.07) is 1.83. The molecule has 0 atom stereocenters. The summed E-state index contributed by atoms with van der Waals surface area (Å²) < 4.78 is 1.72. The molecule has 0 aliphatic heterocycles. The summed E-state index contributed by atoms with van der Waals surface area (Å²) in [5.74, 6) is 0. The summed E-state index contributed by atoms with van der Waals surface area (Å²) >= 11 is 0. The van der Waals surface area contributed by atoms with E-state index in [0.29, 0.717) is 5.69 Å². The molecule has 12 heavy (non-hydrogen) atoms. The molecule has 0 aliphatic carbocycles. The molecular weight excluding hydrogens is 154 g/mol. The molecule has 0 spiro atoms. The molecule has 1 N–H and O–H groups in total. The Hall–Kier alpha value is -1.32. The van der Waals surface area contributed by atoms with Crippen molar-refractivity contribution < 1.29 is 5.21 Å². The number of hydrogen-bond acceptors (Lipinski definition) is 3. The maximum atomic E-state index is 8.14. The fourth-order valence-electron chi connectivity index (χ4n) is 0.711. The molecule has 1 rings (SSSR count). The second-order valence-corrected chi connectivity index (χ2v) is 2.08. The summed E-state index contributed by atoms with van der Waals surface area (Å²) in [4.78, 5) is 0. The number of hydrogen-bond donors (Lipinski definition) is 1. The zero-order valence-electron chi connectivity index (χ0n) is 7.94. The van der Waals surface area contributed by atoms with Crippen LogP contribution < -0.4 is 0 Å². The molecule has 0 saturated heterocycles. The Balaban J connectivity index is 0.000000561. The third-order valence-electron chi connectivity index (χ3n) is 1.32. The number of aryl methyl sites for hydroxylation is 2. The van der Waals surface area contributed by atoms with Crippen LogP contribution in [0.1, 0.15) is 25.2 Å². The van der Waals surface area contributed by atoms with Gasteiger partial charge >= 0.3 is 0 Å². The largest absolute Gasteiger partial charge is 0.411 e. The van der Waals surface area contributed by atoms with Crippen molar-refractivity contribution in [3.63, 3.8) is 0 Å². The van der Waals surface area contributed by atoms with Crippen molar-refractivity contribution >= 4 is 6.21 Å². The van der Waals surface area contributed by atoms with Gasteiger partial charge in [0.05, 0.1) is 6.21 Å². The van der Waals surface area contributed by atoms with Crippen LogP contribution in [0.15, 0.2) is 11.2 Å². The molecule has 0 saturated carbocycles. The fraction of sp³-hybridized carbons (Fsp3) is 0.500. The first-order chi connectivity index (χ1) is 5.74. The molecule has 1 heterocycles. The van der Waals surface area contributed by atoms with Gasteiger partial charge in [0.25, 0.3) is 0 Å². The highest BCUT2D eigenvalue weighted by Gasteiger charge is 1.95. The van der Waals surface area contributed by atoms with E-state index in [1.54, 1.807) is 4.68 Å². The highest BCUT2D eigenvalue weighted by molar-refractivity contribution is 5.76. The van der Waals surface area contributed by atoms with Crippen LogP contribution in [-0.2, 0) is 7.05 Å². The van der Waals surface area contributed by atoms with Gasteiger partial charge < -0.3 is 5.21 Å². The summed E-state index contributed by atoms with van der Waals surface area (Å²) in [5, 5.41) is 15.0. The van der Waals surface area contributed by atoms with Gasteiger partial charge in [0.15, 0.2) is 0 Å². The van der Waals surface area contributed by atoms with E-state index in [0.717, 1.165) is 5.69 Å². The summed E-state index contributed by atoms with van der Waals surface area (Å²) in [5.41, 5.74) is 1.71.